The molecule has 19 heavy (non-hydrogen) atoms. The number of rotatable bonds is 3. The molecular formula is C15H16N2O2. The molecule has 2 aromatic carbocycles. The minimum atomic E-state index is -0.260. The fraction of sp³-hybridized carbons (Fsp3) is 0.133. The lowest BCUT2D eigenvalue weighted by Crippen LogP contribution is -2.12. The van der Waals surface area contributed by atoms with Crippen molar-refractivity contribution >= 4 is 11.6 Å². The Morgan fingerprint density at radius 1 is 1.21 bits per heavy atom. The van der Waals surface area contributed by atoms with Gasteiger partial charge in [-0.15, -0.1) is 0 Å². The van der Waals surface area contributed by atoms with Crippen molar-refractivity contribution in [1.82, 2.24) is 0 Å². The first-order chi connectivity index (χ1) is 9.11. The van der Waals surface area contributed by atoms with Crippen molar-refractivity contribution in [2.75, 3.05) is 5.32 Å². The van der Waals surface area contributed by atoms with Gasteiger partial charge in [-0.1, -0.05) is 24.3 Å². The van der Waals surface area contributed by atoms with Crippen LogP contribution in [0.15, 0.2) is 42.5 Å². The topological polar surface area (TPSA) is 75.4 Å². The number of carbonyl (C=O) groups is 1. The molecule has 0 spiro atoms. The number of phenols is 1. The van der Waals surface area contributed by atoms with Crippen LogP contribution in [0.1, 0.15) is 21.5 Å². The van der Waals surface area contributed by atoms with Crippen molar-refractivity contribution < 1.29 is 9.90 Å². The van der Waals surface area contributed by atoms with E-state index in [1.807, 2.05) is 12.1 Å². The summed E-state index contributed by atoms with van der Waals surface area (Å²) in [6, 6.07) is 12.3. The largest absolute Gasteiger partial charge is 0.505 e. The summed E-state index contributed by atoms with van der Waals surface area (Å²) in [5.41, 5.74) is 8.12. The maximum atomic E-state index is 12.0. The second-order valence-electron chi connectivity index (χ2n) is 4.33. The highest BCUT2D eigenvalue weighted by Crippen LogP contribution is 2.26. The molecule has 0 fully saturated rings. The average Bonchev–Trinajstić information content (AvgIpc) is 2.44. The second-order valence-corrected chi connectivity index (χ2v) is 4.33. The van der Waals surface area contributed by atoms with Gasteiger partial charge < -0.3 is 16.2 Å². The van der Waals surface area contributed by atoms with E-state index < -0.39 is 0 Å². The number of benzene rings is 2. The molecular weight excluding hydrogens is 240 g/mol. The summed E-state index contributed by atoms with van der Waals surface area (Å²) in [6.45, 7) is 2.22. The van der Waals surface area contributed by atoms with E-state index in [1.54, 1.807) is 37.3 Å². The van der Waals surface area contributed by atoms with Crippen molar-refractivity contribution in [1.29, 1.82) is 0 Å². The van der Waals surface area contributed by atoms with Crippen molar-refractivity contribution in [3.63, 3.8) is 0 Å². The molecule has 0 saturated heterocycles. The number of phenolic OH excluding ortho intramolecular Hbond substituents is 1. The van der Waals surface area contributed by atoms with Crippen LogP contribution in [0.4, 0.5) is 5.69 Å². The lowest BCUT2D eigenvalue weighted by Gasteiger charge is -2.09. The summed E-state index contributed by atoms with van der Waals surface area (Å²) in [7, 11) is 0. The van der Waals surface area contributed by atoms with E-state index in [4.69, 9.17) is 5.73 Å². The van der Waals surface area contributed by atoms with Crippen LogP contribution in [0.2, 0.25) is 0 Å². The highest BCUT2D eigenvalue weighted by Gasteiger charge is 2.09. The van der Waals surface area contributed by atoms with Gasteiger partial charge in [-0.25, -0.2) is 0 Å². The molecule has 0 aliphatic carbocycles. The van der Waals surface area contributed by atoms with Crippen molar-refractivity contribution in [2.45, 2.75) is 13.5 Å². The molecule has 1 amide bonds. The van der Waals surface area contributed by atoms with Gasteiger partial charge in [0, 0.05) is 12.1 Å². The predicted molar refractivity (Wildman–Crippen MR) is 75.1 cm³/mol. The Balaban J connectivity index is 2.18. The SMILES string of the molecule is Cc1cccc(NC(=O)c2ccc(CN)cc2)c1O. The van der Waals surface area contributed by atoms with Crippen LogP contribution in [-0.2, 0) is 6.54 Å². The molecule has 0 unspecified atom stereocenters. The number of anilines is 1. The molecule has 2 aromatic rings. The van der Waals surface area contributed by atoms with E-state index >= 15 is 0 Å². The van der Waals surface area contributed by atoms with E-state index in [0.29, 0.717) is 17.8 Å². The summed E-state index contributed by atoms with van der Waals surface area (Å²) in [5.74, 6) is -0.168. The zero-order valence-corrected chi connectivity index (χ0v) is 10.7. The molecule has 0 radical (unpaired) electrons. The van der Waals surface area contributed by atoms with Crippen LogP contribution in [0.3, 0.4) is 0 Å². The number of amides is 1. The first-order valence-electron chi connectivity index (χ1n) is 6.00. The van der Waals surface area contributed by atoms with Gasteiger partial charge >= 0.3 is 0 Å². The van der Waals surface area contributed by atoms with Crippen molar-refractivity contribution in [3.05, 3.63) is 59.2 Å². The second kappa shape index (κ2) is 5.54. The quantitative estimate of drug-likeness (QED) is 0.738. The summed E-state index contributed by atoms with van der Waals surface area (Å²) in [5, 5.41) is 12.5. The number of para-hydroxylation sites is 1. The fourth-order valence-corrected chi connectivity index (χ4v) is 1.75. The number of nitrogens with two attached hydrogens (primary N) is 1. The van der Waals surface area contributed by atoms with Gasteiger partial charge in [-0.3, -0.25) is 4.79 Å². The number of hydrogen-bond acceptors (Lipinski definition) is 3. The van der Waals surface area contributed by atoms with E-state index in [9.17, 15) is 9.90 Å². The summed E-state index contributed by atoms with van der Waals surface area (Å²) >= 11 is 0. The fourth-order valence-electron chi connectivity index (χ4n) is 1.75. The lowest BCUT2D eigenvalue weighted by molar-refractivity contribution is 0.102. The summed E-state index contributed by atoms with van der Waals surface area (Å²) in [4.78, 5) is 12.0. The Morgan fingerprint density at radius 2 is 1.89 bits per heavy atom. The molecule has 0 aliphatic heterocycles. The normalized spacial score (nSPS) is 10.2. The van der Waals surface area contributed by atoms with Crippen LogP contribution < -0.4 is 11.1 Å². The standard InChI is InChI=1S/C15H16N2O2/c1-10-3-2-4-13(14(10)18)17-15(19)12-7-5-11(9-16)6-8-12/h2-8,18H,9,16H2,1H3,(H,17,19). The number of hydrogen-bond donors (Lipinski definition) is 3. The van der Waals surface area contributed by atoms with Gasteiger partial charge in [0.05, 0.1) is 5.69 Å². The minimum Gasteiger partial charge on any atom is -0.505 e. The Kier molecular flexibility index (Phi) is 3.82. The van der Waals surface area contributed by atoms with Crippen LogP contribution in [0.5, 0.6) is 5.75 Å². The van der Waals surface area contributed by atoms with Crippen LogP contribution in [0.25, 0.3) is 0 Å². The minimum absolute atomic E-state index is 0.0921. The maximum absolute atomic E-state index is 12.0. The van der Waals surface area contributed by atoms with Crippen molar-refractivity contribution in [2.24, 2.45) is 5.73 Å². The van der Waals surface area contributed by atoms with Gasteiger partial charge in [-0.2, -0.15) is 0 Å². The highest BCUT2D eigenvalue weighted by molar-refractivity contribution is 6.05. The first-order valence-corrected chi connectivity index (χ1v) is 6.00. The van der Waals surface area contributed by atoms with E-state index in [2.05, 4.69) is 5.32 Å². The Bertz CT molecular complexity index is 592. The average molecular weight is 256 g/mol. The molecule has 4 N–H and O–H groups in total. The number of aromatic hydroxyl groups is 1. The molecule has 0 atom stereocenters. The third-order valence-corrected chi connectivity index (χ3v) is 2.94. The lowest BCUT2D eigenvalue weighted by atomic mass is 10.1. The third-order valence-electron chi connectivity index (χ3n) is 2.94. The molecule has 4 heteroatoms. The molecule has 0 aromatic heterocycles. The van der Waals surface area contributed by atoms with Gasteiger partial charge in [0.25, 0.3) is 5.91 Å². The molecule has 0 heterocycles. The van der Waals surface area contributed by atoms with Crippen LogP contribution in [-0.4, -0.2) is 11.0 Å². The monoisotopic (exact) mass is 256 g/mol. The Labute approximate surface area is 111 Å². The predicted octanol–water partition coefficient (Wildman–Crippen LogP) is 2.41. The molecule has 0 saturated carbocycles. The van der Waals surface area contributed by atoms with Gasteiger partial charge in [0.2, 0.25) is 0 Å². The molecule has 0 aliphatic rings. The van der Waals surface area contributed by atoms with E-state index in [-0.39, 0.29) is 11.7 Å². The number of nitrogens with one attached hydrogen (secondary N) is 1. The Hall–Kier alpha value is -2.33. The molecule has 0 bridgehead atoms. The Morgan fingerprint density at radius 3 is 2.53 bits per heavy atom. The first kappa shape index (κ1) is 13.1. The highest BCUT2D eigenvalue weighted by atomic mass is 16.3. The number of carbonyl (C=O) groups excluding carboxylic acids is 1. The van der Waals surface area contributed by atoms with Crippen LogP contribution >= 0.6 is 0 Å². The van der Waals surface area contributed by atoms with Crippen LogP contribution in [0, 0.1) is 6.92 Å². The van der Waals surface area contributed by atoms with Crippen molar-refractivity contribution in [3.8, 4) is 5.75 Å². The zero-order chi connectivity index (χ0) is 13.8. The van der Waals surface area contributed by atoms with Gasteiger partial charge in [0.1, 0.15) is 5.75 Å². The molecule has 98 valence electrons. The zero-order valence-electron chi connectivity index (χ0n) is 10.7. The van der Waals surface area contributed by atoms with Gasteiger partial charge in [-0.05, 0) is 36.2 Å². The molecule has 4 nitrogen and oxygen atoms in total. The summed E-state index contributed by atoms with van der Waals surface area (Å²) in [6.07, 6.45) is 0. The third kappa shape index (κ3) is 2.92. The summed E-state index contributed by atoms with van der Waals surface area (Å²) < 4.78 is 0. The maximum Gasteiger partial charge on any atom is 0.255 e. The van der Waals surface area contributed by atoms with E-state index in [0.717, 1.165) is 11.1 Å². The molecule has 2 rings (SSSR count). The smallest absolute Gasteiger partial charge is 0.255 e. The van der Waals surface area contributed by atoms with Gasteiger partial charge in [0.15, 0.2) is 0 Å². The van der Waals surface area contributed by atoms with E-state index in [1.165, 1.54) is 0 Å². The number of aryl methyl sites for hydroxylation is 1.